The number of rotatable bonds is 0. The van der Waals surface area contributed by atoms with Gasteiger partial charge in [0.25, 0.3) is 0 Å². The second-order valence-electron chi connectivity index (χ2n) is 4.69. The Morgan fingerprint density at radius 1 is 1.10 bits per heavy atom. The van der Waals surface area contributed by atoms with Gasteiger partial charge in [-0.2, -0.15) is 0 Å². The van der Waals surface area contributed by atoms with Crippen LogP contribution in [-0.4, -0.2) is 0 Å². The molecule has 3 saturated carbocycles. The van der Waals surface area contributed by atoms with Crippen molar-refractivity contribution >= 4 is 0 Å². The van der Waals surface area contributed by atoms with Crippen LogP contribution in [0.25, 0.3) is 0 Å². The maximum absolute atomic E-state index is 2.48. The molecule has 0 radical (unpaired) electrons. The molecular weight excluding hydrogens is 120 g/mol. The van der Waals surface area contributed by atoms with Crippen molar-refractivity contribution in [1.29, 1.82) is 0 Å². The lowest BCUT2D eigenvalue weighted by Gasteiger charge is -2.66. The lowest BCUT2D eigenvalue weighted by atomic mass is 9.39. The molecule has 56 valence electrons. The van der Waals surface area contributed by atoms with Crippen molar-refractivity contribution in [2.24, 2.45) is 29.6 Å². The second kappa shape index (κ2) is 1.60. The highest BCUT2D eigenvalue weighted by atomic mass is 14.6. The van der Waals surface area contributed by atoms with Crippen molar-refractivity contribution in [2.45, 2.75) is 32.6 Å². The van der Waals surface area contributed by atoms with Gasteiger partial charge in [-0.15, -0.1) is 0 Å². The van der Waals surface area contributed by atoms with Crippen molar-refractivity contribution in [1.82, 2.24) is 0 Å². The van der Waals surface area contributed by atoms with Gasteiger partial charge in [0.15, 0.2) is 0 Å². The number of hydrogen-bond donors (Lipinski definition) is 0. The molecule has 5 atom stereocenters. The molecule has 0 nitrogen and oxygen atoms in total. The predicted molar refractivity (Wildman–Crippen MR) is 41.6 cm³/mol. The molecule has 0 aliphatic heterocycles. The zero-order chi connectivity index (χ0) is 6.72. The molecule has 3 aliphatic rings. The smallest absolute Gasteiger partial charge is 0.0323 e. The monoisotopic (exact) mass is 136 g/mol. The highest BCUT2D eigenvalue weighted by Crippen LogP contribution is 2.66. The topological polar surface area (TPSA) is 0 Å². The summed E-state index contributed by atoms with van der Waals surface area (Å²) in [4.78, 5) is 0. The standard InChI is InChI=1S/C10H16/c1-6-8-4-2-3-7-5-9(6)10(7)8/h6-10H,2-5H2,1H3. The fraction of sp³-hybridized carbons (Fsp3) is 1.00. The van der Waals surface area contributed by atoms with Crippen LogP contribution < -0.4 is 0 Å². The molecule has 5 unspecified atom stereocenters. The van der Waals surface area contributed by atoms with E-state index in [2.05, 4.69) is 6.92 Å². The average molecular weight is 136 g/mol. The Balaban J connectivity index is 1.84. The second-order valence-corrected chi connectivity index (χ2v) is 4.69. The van der Waals surface area contributed by atoms with Crippen LogP contribution in [0.4, 0.5) is 0 Å². The molecule has 0 heterocycles. The van der Waals surface area contributed by atoms with Gasteiger partial charge in [-0.25, -0.2) is 0 Å². The SMILES string of the molecule is CC1C2CCCC3CC1C32. The summed E-state index contributed by atoms with van der Waals surface area (Å²) in [6.07, 6.45) is 6.29. The summed E-state index contributed by atoms with van der Waals surface area (Å²) >= 11 is 0. The first-order valence-corrected chi connectivity index (χ1v) is 4.88. The van der Waals surface area contributed by atoms with Gasteiger partial charge in [0.2, 0.25) is 0 Å². The molecular formula is C10H16. The summed E-state index contributed by atoms with van der Waals surface area (Å²) < 4.78 is 0. The van der Waals surface area contributed by atoms with Gasteiger partial charge >= 0.3 is 0 Å². The third-order valence-corrected chi connectivity index (χ3v) is 4.57. The summed E-state index contributed by atoms with van der Waals surface area (Å²) in [6, 6.07) is 0. The van der Waals surface area contributed by atoms with Gasteiger partial charge in [-0.3, -0.25) is 0 Å². The van der Waals surface area contributed by atoms with Crippen LogP contribution in [0.2, 0.25) is 0 Å². The van der Waals surface area contributed by atoms with Crippen molar-refractivity contribution in [2.75, 3.05) is 0 Å². The zero-order valence-corrected chi connectivity index (χ0v) is 6.72. The molecule has 10 heavy (non-hydrogen) atoms. The van der Waals surface area contributed by atoms with Crippen LogP contribution in [0.5, 0.6) is 0 Å². The van der Waals surface area contributed by atoms with Crippen molar-refractivity contribution in [3.8, 4) is 0 Å². The molecule has 3 rings (SSSR count). The summed E-state index contributed by atoms with van der Waals surface area (Å²) in [5, 5.41) is 0. The quantitative estimate of drug-likeness (QED) is 0.480. The van der Waals surface area contributed by atoms with E-state index in [0.717, 1.165) is 5.92 Å². The van der Waals surface area contributed by atoms with Gasteiger partial charge in [0.05, 0.1) is 0 Å². The predicted octanol–water partition coefficient (Wildman–Crippen LogP) is 2.69. The maximum Gasteiger partial charge on any atom is -0.0323 e. The molecule has 0 aromatic carbocycles. The van der Waals surface area contributed by atoms with Gasteiger partial charge < -0.3 is 0 Å². The van der Waals surface area contributed by atoms with Crippen LogP contribution in [0, 0.1) is 29.6 Å². The molecule has 0 aromatic rings. The van der Waals surface area contributed by atoms with Crippen LogP contribution in [-0.2, 0) is 0 Å². The summed E-state index contributed by atoms with van der Waals surface area (Å²) in [5.74, 6) is 5.90. The van der Waals surface area contributed by atoms with E-state index in [9.17, 15) is 0 Å². The molecule has 0 saturated heterocycles. The molecule has 3 fully saturated rings. The normalized spacial score (nSPS) is 63.9. The van der Waals surface area contributed by atoms with E-state index >= 15 is 0 Å². The minimum Gasteiger partial charge on any atom is -0.0620 e. The van der Waals surface area contributed by atoms with Crippen LogP contribution in [0.3, 0.4) is 0 Å². The van der Waals surface area contributed by atoms with E-state index in [4.69, 9.17) is 0 Å². The summed E-state index contributed by atoms with van der Waals surface area (Å²) in [6.45, 7) is 2.48. The molecule has 0 aromatic heterocycles. The van der Waals surface area contributed by atoms with E-state index in [1.165, 1.54) is 23.7 Å². The van der Waals surface area contributed by atoms with Gasteiger partial charge in [0.1, 0.15) is 0 Å². The first kappa shape index (κ1) is 5.62. The van der Waals surface area contributed by atoms with Crippen molar-refractivity contribution in [3.63, 3.8) is 0 Å². The summed E-state index contributed by atoms with van der Waals surface area (Å²) in [7, 11) is 0. The lowest BCUT2D eigenvalue weighted by molar-refractivity contribution is -0.170. The Morgan fingerprint density at radius 2 is 2.00 bits per heavy atom. The van der Waals surface area contributed by atoms with Crippen molar-refractivity contribution < 1.29 is 0 Å². The Morgan fingerprint density at radius 3 is 2.80 bits per heavy atom. The molecule has 3 aliphatic carbocycles. The first-order valence-electron chi connectivity index (χ1n) is 4.88. The summed E-state index contributed by atoms with van der Waals surface area (Å²) in [5.41, 5.74) is 0. The molecule has 0 amide bonds. The molecule has 0 N–H and O–H groups in total. The zero-order valence-electron chi connectivity index (χ0n) is 6.72. The number of hydrogen-bond acceptors (Lipinski definition) is 0. The molecule has 0 heteroatoms. The molecule has 0 bridgehead atoms. The third kappa shape index (κ3) is 0.436. The average Bonchev–Trinajstić information content (AvgIpc) is 1.88. The highest BCUT2D eigenvalue weighted by molar-refractivity contribution is 5.07. The van der Waals surface area contributed by atoms with Gasteiger partial charge in [-0.05, 0) is 42.4 Å². The minimum atomic E-state index is 1.11. The molecule has 0 spiro atoms. The lowest BCUT2D eigenvalue weighted by Crippen LogP contribution is -2.59. The van der Waals surface area contributed by atoms with E-state index in [1.54, 1.807) is 25.7 Å². The maximum atomic E-state index is 2.48. The van der Waals surface area contributed by atoms with Gasteiger partial charge in [-0.1, -0.05) is 19.8 Å². The van der Waals surface area contributed by atoms with E-state index in [0.29, 0.717) is 0 Å². The largest absolute Gasteiger partial charge is 0.0620 e. The fourth-order valence-electron chi connectivity index (χ4n) is 3.95. The van der Waals surface area contributed by atoms with Crippen LogP contribution in [0.1, 0.15) is 32.6 Å². The van der Waals surface area contributed by atoms with E-state index < -0.39 is 0 Å². The van der Waals surface area contributed by atoms with Crippen LogP contribution in [0.15, 0.2) is 0 Å². The highest BCUT2D eigenvalue weighted by Gasteiger charge is 2.59. The van der Waals surface area contributed by atoms with E-state index in [1.807, 2.05) is 0 Å². The Kier molecular flexibility index (Phi) is 0.898. The van der Waals surface area contributed by atoms with Gasteiger partial charge in [0, 0.05) is 0 Å². The Labute approximate surface area is 63.0 Å². The Bertz CT molecular complexity index is 153. The fourth-order valence-corrected chi connectivity index (χ4v) is 3.95. The Hall–Kier alpha value is 0. The van der Waals surface area contributed by atoms with Crippen molar-refractivity contribution in [3.05, 3.63) is 0 Å². The first-order chi connectivity index (χ1) is 4.88. The minimum absolute atomic E-state index is 1.11. The van der Waals surface area contributed by atoms with Crippen LogP contribution >= 0.6 is 0 Å². The third-order valence-electron chi connectivity index (χ3n) is 4.57. The van der Waals surface area contributed by atoms with E-state index in [-0.39, 0.29) is 0 Å².